The van der Waals surface area contributed by atoms with Crippen molar-refractivity contribution < 1.29 is 19.5 Å². The number of aliphatic carboxylic acids is 1. The molecule has 22 heavy (non-hydrogen) atoms. The Bertz CT molecular complexity index is 421. The highest BCUT2D eigenvalue weighted by molar-refractivity contribution is 5.87. The maximum atomic E-state index is 12.1. The molecule has 1 heterocycles. The topological polar surface area (TPSA) is 98.7 Å². The third-order valence-corrected chi connectivity index (χ3v) is 4.45. The van der Waals surface area contributed by atoms with E-state index >= 15 is 0 Å². The van der Waals surface area contributed by atoms with Gasteiger partial charge in [0.25, 0.3) is 0 Å². The average Bonchev–Trinajstić information content (AvgIpc) is 2.53. The van der Waals surface area contributed by atoms with E-state index in [9.17, 15) is 14.4 Å². The lowest BCUT2D eigenvalue weighted by Gasteiger charge is -2.33. The quantitative estimate of drug-likeness (QED) is 0.723. The molecule has 0 bridgehead atoms. The van der Waals surface area contributed by atoms with Crippen molar-refractivity contribution in [2.24, 2.45) is 0 Å². The number of rotatable bonds is 4. The molecule has 0 spiro atoms. The third-order valence-electron chi connectivity index (χ3n) is 4.45. The number of carboxylic acids is 1. The summed E-state index contributed by atoms with van der Waals surface area (Å²) >= 11 is 0. The van der Waals surface area contributed by atoms with Crippen LogP contribution in [-0.2, 0) is 9.59 Å². The first-order chi connectivity index (χ1) is 10.6. The van der Waals surface area contributed by atoms with Gasteiger partial charge in [0.2, 0.25) is 5.91 Å². The predicted octanol–water partition coefficient (Wildman–Crippen LogP) is 1.08. The fourth-order valence-electron chi connectivity index (χ4n) is 3.23. The number of carboxylic acid groups (broad SMARTS) is 1. The molecule has 1 atom stereocenters. The largest absolute Gasteiger partial charge is 0.480 e. The van der Waals surface area contributed by atoms with Crippen LogP contribution >= 0.6 is 0 Å². The molecule has 2 fully saturated rings. The lowest BCUT2D eigenvalue weighted by molar-refractivity contribution is -0.151. The van der Waals surface area contributed by atoms with E-state index in [0.717, 1.165) is 38.5 Å². The van der Waals surface area contributed by atoms with E-state index < -0.39 is 12.0 Å². The predicted molar refractivity (Wildman–Crippen MR) is 80.4 cm³/mol. The number of hydrogen-bond donors (Lipinski definition) is 3. The molecule has 2 rings (SSSR count). The van der Waals surface area contributed by atoms with Gasteiger partial charge in [-0.3, -0.25) is 4.79 Å². The molecule has 0 aromatic rings. The number of nitrogens with one attached hydrogen (secondary N) is 2. The van der Waals surface area contributed by atoms with E-state index in [0.29, 0.717) is 13.0 Å². The molecule has 0 aromatic heterocycles. The second-order valence-corrected chi connectivity index (χ2v) is 6.10. The minimum absolute atomic E-state index is 0.150. The zero-order valence-electron chi connectivity index (χ0n) is 12.8. The van der Waals surface area contributed by atoms with Gasteiger partial charge in [-0.05, 0) is 32.1 Å². The van der Waals surface area contributed by atoms with Crippen LogP contribution < -0.4 is 10.6 Å². The molecule has 1 saturated heterocycles. The minimum Gasteiger partial charge on any atom is -0.480 e. The first-order valence-electron chi connectivity index (χ1n) is 8.14. The number of carbonyl (C=O) groups is 3. The van der Waals surface area contributed by atoms with Crippen molar-refractivity contribution in [3.05, 3.63) is 0 Å². The number of nitrogens with zero attached hydrogens (tertiary/aromatic N) is 1. The lowest BCUT2D eigenvalue weighted by atomic mass is 9.96. The molecule has 7 nitrogen and oxygen atoms in total. The monoisotopic (exact) mass is 311 g/mol. The van der Waals surface area contributed by atoms with Crippen LogP contribution in [0.4, 0.5) is 4.79 Å². The van der Waals surface area contributed by atoms with E-state index in [1.807, 2.05) is 0 Å². The van der Waals surface area contributed by atoms with Gasteiger partial charge in [0, 0.05) is 12.6 Å². The smallest absolute Gasteiger partial charge is 0.326 e. The summed E-state index contributed by atoms with van der Waals surface area (Å²) in [5.74, 6) is -1.30. The van der Waals surface area contributed by atoms with Gasteiger partial charge in [0.1, 0.15) is 6.04 Å². The second kappa shape index (κ2) is 8.00. The van der Waals surface area contributed by atoms with Gasteiger partial charge in [-0.15, -0.1) is 0 Å². The highest BCUT2D eigenvalue weighted by Gasteiger charge is 2.31. The van der Waals surface area contributed by atoms with Crippen molar-refractivity contribution in [2.45, 2.75) is 63.5 Å². The zero-order valence-corrected chi connectivity index (χ0v) is 12.8. The summed E-state index contributed by atoms with van der Waals surface area (Å²) < 4.78 is 0. The normalized spacial score (nSPS) is 22.9. The second-order valence-electron chi connectivity index (χ2n) is 6.10. The van der Waals surface area contributed by atoms with E-state index in [-0.39, 0.29) is 24.5 Å². The molecular weight excluding hydrogens is 286 g/mol. The third kappa shape index (κ3) is 4.61. The zero-order chi connectivity index (χ0) is 15.9. The van der Waals surface area contributed by atoms with E-state index in [1.54, 1.807) is 0 Å². The van der Waals surface area contributed by atoms with Crippen molar-refractivity contribution in [1.29, 1.82) is 0 Å². The van der Waals surface area contributed by atoms with Crippen LogP contribution in [0.2, 0.25) is 0 Å². The van der Waals surface area contributed by atoms with Crippen LogP contribution in [0.1, 0.15) is 51.4 Å². The van der Waals surface area contributed by atoms with Gasteiger partial charge in [-0.25, -0.2) is 9.59 Å². The van der Waals surface area contributed by atoms with Crippen LogP contribution in [0.25, 0.3) is 0 Å². The Labute approximate surface area is 130 Å². The van der Waals surface area contributed by atoms with Gasteiger partial charge in [0.15, 0.2) is 0 Å². The van der Waals surface area contributed by atoms with Gasteiger partial charge >= 0.3 is 12.0 Å². The fourth-order valence-corrected chi connectivity index (χ4v) is 3.23. The highest BCUT2D eigenvalue weighted by atomic mass is 16.4. The Morgan fingerprint density at radius 3 is 2.36 bits per heavy atom. The minimum atomic E-state index is -0.972. The summed E-state index contributed by atoms with van der Waals surface area (Å²) in [6.45, 7) is 0.296. The van der Waals surface area contributed by atoms with Crippen molar-refractivity contribution in [2.75, 3.05) is 13.1 Å². The van der Waals surface area contributed by atoms with Crippen molar-refractivity contribution in [3.63, 3.8) is 0 Å². The molecular formula is C15H25N3O4. The number of hydrogen-bond acceptors (Lipinski definition) is 3. The van der Waals surface area contributed by atoms with Crippen molar-refractivity contribution in [3.8, 4) is 0 Å². The Morgan fingerprint density at radius 1 is 1.00 bits per heavy atom. The molecule has 124 valence electrons. The van der Waals surface area contributed by atoms with Crippen LogP contribution in [-0.4, -0.2) is 53.1 Å². The van der Waals surface area contributed by atoms with Crippen LogP contribution in [0.15, 0.2) is 0 Å². The molecule has 1 saturated carbocycles. The number of likely N-dealkylation sites (tertiary alicyclic amines) is 1. The van der Waals surface area contributed by atoms with Gasteiger partial charge in [-0.2, -0.15) is 0 Å². The number of urea groups is 1. The SMILES string of the molecule is O=C(NCC(=O)N1CCCCC1C(=O)O)NC1CCCCC1. The maximum Gasteiger partial charge on any atom is 0.326 e. The van der Waals surface area contributed by atoms with Crippen LogP contribution in [0.5, 0.6) is 0 Å². The van der Waals surface area contributed by atoms with E-state index in [4.69, 9.17) is 5.11 Å². The van der Waals surface area contributed by atoms with E-state index in [1.165, 1.54) is 11.3 Å². The van der Waals surface area contributed by atoms with Crippen LogP contribution in [0.3, 0.4) is 0 Å². The highest BCUT2D eigenvalue weighted by Crippen LogP contribution is 2.18. The van der Waals surface area contributed by atoms with E-state index in [2.05, 4.69) is 10.6 Å². The maximum absolute atomic E-state index is 12.1. The summed E-state index contributed by atoms with van der Waals surface area (Å²) in [5, 5.41) is 14.6. The number of carbonyl (C=O) groups excluding carboxylic acids is 2. The molecule has 0 aromatic carbocycles. The van der Waals surface area contributed by atoms with Gasteiger partial charge in [0.05, 0.1) is 6.54 Å². The van der Waals surface area contributed by atoms with Gasteiger partial charge in [-0.1, -0.05) is 19.3 Å². The lowest BCUT2D eigenvalue weighted by Crippen LogP contribution is -2.52. The van der Waals surface area contributed by atoms with Gasteiger partial charge < -0.3 is 20.6 Å². The summed E-state index contributed by atoms with van der Waals surface area (Å²) in [6, 6.07) is -0.917. The Balaban J connectivity index is 1.75. The Morgan fingerprint density at radius 2 is 1.68 bits per heavy atom. The molecule has 3 amide bonds. The Hall–Kier alpha value is -1.79. The van der Waals surface area contributed by atoms with Crippen LogP contribution in [0, 0.1) is 0 Å². The average molecular weight is 311 g/mol. The first kappa shape index (κ1) is 16.6. The fraction of sp³-hybridized carbons (Fsp3) is 0.800. The summed E-state index contributed by atoms with van der Waals surface area (Å²) in [4.78, 5) is 36.5. The van der Waals surface area contributed by atoms with Crippen molar-refractivity contribution in [1.82, 2.24) is 15.5 Å². The number of amides is 3. The Kier molecular flexibility index (Phi) is 6.03. The molecule has 3 N–H and O–H groups in total. The molecule has 0 radical (unpaired) electrons. The molecule has 2 aliphatic rings. The van der Waals surface area contributed by atoms with Crippen molar-refractivity contribution >= 4 is 17.9 Å². The molecule has 7 heteroatoms. The standard InChI is InChI=1S/C15H25N3O4/c19-13(18-9-5-4-8-12(18)14(20)21)10-16-15(22)17-11-6-2-1-3-7-11/h11-12H,1-10H2,(H,20,21)(H2,16,17,22). The summed E-state index contributed by atoms with van der Waals surface area (Å²) in [5.41, 5.74) is 0. The molecule has 1 aliphatic heterocycles. The summed E-state index contributed by atoms with van der Waals surface area (Å²) in [7, 11) is 0. The number of piperidine rings is 1. The molecule has 1 unspecified atom stereocenters. The summed E-state index contributed by atoms with van der Waals surface area (Å²) in [6.07, 6.45) is 7.53. The first-order valence-corrected chi connectivity index (χ1v) is 8.14. The molecule has 1 aliphatic carbocycles.